The summed E-state index contributed by atoms with van der Waals surface area (Å²) in [6, 6.07) is 5.05. The molecule has 2 aromatic carbocycles. The van der Waals surface area contributed by atoms with Crippen molar-refractivity contribution in [1.29, 1.82) is 0 Å². The van der Waals surface area contributed by atoms with Crippen molar-refractivity contribution in [2.24, 2.45) is 0 Å². The van der Waals surface area contributed by atoms with Crippen molar-refractivity contribution >= 4 is 18.5 Å². The Hall–Kier alpha value is -3.83. The monoisotopic (exact) mass is 593 g/mol. The van der Waals surface area contributed by atoms with E-state index in [9.17, 15) is 50.1 Å². The van der Waals surface area contributed by atoms with E-state index in [2.05, 4.69) is 10.2 Å². The number of phenolic OH excluding ortho intramolecular Hbond substituents is 3. The number of hydrogen-bond acceptors (Lipinski definition) is 14. The van der Waals surface area contributed by atoms with Gasteiger partial charge in [-0.1, -0.05) is 24.3 Å². The predicted octanol–water partition coefficient (Wildman–Crippen LogP) is -1.87. The van der Waals surface area contributed by atoms with E-state index in [1.165, 1.54) is 0 Å². The Labute approximate surface area is 240 Å². The molecule has 1 unspecified atom stereocenters. The second kappa shape index (κ2) is 13.4. The normalized spacial score (nSPS) is 15.3. The van der Waals surface area contributed by atoms with Crippen LogP contribution in [0.25, 0.3) is 0 Å². The number of benzene rings is 2. The van der Waals surface area contributed by atoms with Gasteiger partial charge in [-0.3, -0.25) is 24.2 Å². The van der Waals surface area contributed by atoms with Crippen molar-refractivity contribution in [2.45, 2.75) is 37.3 Å². The predicted molar refractivity (Wildman–Crippen MR) is 143 cm³/mol. The summed E-state index contributed by atoms with van der Waals surface area (Å²) in [5, 5.41) is 73.9. The third kappa shape index (κ3) is 6.79. The summed E-state index contributed by atoms with van der Waals surface area (Å²) in [4.78, 5) is 38.7. The number of nitrogens with zero attached hydrogens (tertiary/aromatic N) is 2. The zero-order valence-electron chi connectivity index (χ0n) is 23.1. The number of carbonyl (C=O) groups is 3. The minimum Gasteiger partial charge on any atom is -0.504 e. The lowest BCUT2D eigenvalue weighted by Crippen LogP contribution is -2.69. The second-order valence-electron chi connectivity index (χ2n) is 9.88. The van der Waals surface area contributed by atoms with E-state index in [0.29, 0.717) is 25.3 Å². The lowest BCUT2D eigenvalue weighted by atomic mass is 9.95. The van der Waals surface area contributed by atoms with Crippen molar-refractivity contribution in [2.75, 3.05) is 40.4 Å². The van der Waals surface area contributed by atoms with Crippen molar-refractivity contribution < 1.29 is 59.6 Å². The quantitative estimate of drug-likeness (QED) is 0.0723. The molecule has 1 amide bonds. The van der Waals surface area contributed by atoms with Crippen LogP contribution in [0.2, 0.25) is 0 Å². The Morgan fingerprint density at radius 1 is 1.05 bits per heavy atom. The Kier molecular flexibility index (Phi) is 10.5. The fourth-order valence-corrected chi connectivity index (χ4v) is 4.56. The molecule has 230 valence electrons. The summed E-state index contributed by atoms with van der Waals surface area (Å²) in [6.45, 7) is 2.79. The van der Waals surface area contributed by atoms with E-state index in [4.69, 9.17) is 9.47 Å². The average Bonchev–Trinajstić information content (AvgIpc) is 2.97. The zero-order valence-corrected chi connectivity index (χ0v) is 23.1. The Bertz CT molecular complexity index is 1280. The number of aldehydes is 2. The van der Waals surface area contributed by atoms with Crippen LogP contribution in [0.1, 0.15) is 27.0 Å². The maximum absolute atomic E-state index is 12.6. The van der Waals surface area contributed by atoms with Crippen LogP contribution >= 0.6 is 0 Å². The highest BCUT2D eigenvalue weighted by Crippen LogP contribution is 2.48. The van der Waals surface area contributed by atoms with E-state index in [1.54, 1.807) is 12.1 Å². The Morgan fingerprint density at radius 3 is 2.19 bits per heavy atom. The molecule has 0 saturated carbocycles. The van der Waals surface area contributed by atoms with Crippen molar-refractivity contribution in [3.05, 3.63) is 46.5 Å². The maximum Gasteiger partial charge on any atom is 0.278 e. The van der Waals surface area contributed by atoms with Gasteiger partial charge in [-0.15, -0.1) is 0 Å². The second-order valence-corrected chi connectivity index (χ2v) is 9.88. The maximum atomic E-state index is 12.6. The first-order valence-corrected chi connectivity index (χ1v) is 12.8. The third-order valence-electron chi connectivity index (χ3n) is 6.98. The minimum atomic E-state index is -3.81. The molecule has 2 aromatic rings. The fourth-order valence-electron chi connectivity index (χ4n) is 4.56. The highest BCUT2D eigenvalue weighted by Gasteiger charge is 2.57. The molecule has 42 heavy (non-hydrogen) atoms. The summed E-state index contributed by atoms with van der Waals surface area (Å²) in [5.41, 5.74) is 0.789. The minimum absolute atomic E-state index is 0.138. The van der Waals surface area contributed by atoms with E-state index in [1.807, 2.05) is 12.1 Å². The topological polar surface area (TPSA) is 230 Å². The molecule has 3 rings (SSSR count). The molecule has 1 saturated heterocycles. The molecule has 8 N–H and O–H groups in total. The molecule has 1 atom stereocenters. The SMILES string of the molecule is CNC(=O)C(N(C)Cc1c(C=O)c(O)c(O)c(O)c1OCc1ccc(CN2CCOCC2)cc1)C(O)(O)C(O)(O)C=O. The van der Waals surface area contributed by atoms with E-state index >= 15 is 0 Å². The van der Waals surface area contributed by atoms with Gasteiger partial charge in [0.2, 0.25) is 17.4 Å². The van der Waals surface area contributed by atoms with Crippen LogP contribution in [0, 0.1) is 0 Å². The van der Waals surface area contributed by atoms with Gasteiger partial charge in [0.25, 0.3) is 11.6 Å². The van der Waals surface area contributed by atoms with Crippen LogP contribution in [-0.2, 0) is 34.0 Å². The number of amides is 1. The smallest absolute Gasteiger partial charge is 0.278 e. The summed E-state index contributed by atoms with van der Waals surface area (Å²) >= 11 is 0. The lowest BCUT2D eigenvalue weighted by molar-refractivity contribution is -0.346. The third-order valence-corrected chi connectivity index (χ3v) is 6.98. The van der Waals surface area contributed by atoms with Crippen LogP contribution in [0.3, 0.4) is 0 Å². The Balaban J connectivity index is 1.93. The molecular weight excluding hydrogens is 558 g/mol. The molecule has 1 heterocycles. The number of phenols is 3. The van der Waals surface area contributed by atoms with Gasteiger partial charge in [-0.05, 0) is 18.2 Å². The van der Waals surface area contributed by atoms with Gasteiger partial charge < -0.3 is 50.5 Å². The number of likely N-dealkylation sites (N-methyl/N-ethyl adjacent to an activating group) is 2. The highest BCUT2D eigenvalue weighted by molar-refractivity contribution is 5.87. The molecule has 0 radical (unpaired) electrons. The van der Waals surface area contributed by atoms with Crippen LogP contribution in [-0.4, -0.2) is 122 Å². The van der Waals surface area contributed by atoms with Gasteiger partial charge in [0.1, 0.15) is 12.6 Å². The first kappa shape index (κ1) is 32.7. The van der Waals surface area contributed by atoms with Crippen LogP contribution < -0.4 is 10.1 Å². The van der Waals surface area contributed by atoms with Crippen molar-refractivity contribution in [3.63, 3.8) is 0 Å². The lowest BCUT2D eigenvalue weighted by Gasteiger charge is -2.40. The number of morpholine rings is 1. The number of nitrogens with one attached hydrogen (secondary N) is 1. The van der Waals surface area contributed by atoms with Crippen molar-refractivity contribution in [1.82, 2.24) is 15.1 Å². The Morgan fingerprint density at radius 2 is 1.64 bits per heavy atom. The van der Waals surface area contributed by atoms with E-state index in [-0.39, 0.29) is 18.5 Å². The van der Waals surface area contributed by atoms with Gasteiger partial charge in [-0.25, -0.2) is 0 Å². The summed E-state index contributed by atoms with van der Waals surface area (Å²) in [6.07, 6.45) is -0.453. The molecule has 1 fully saturated rings. The first-order chi connectivity index (χ1) is 19.8. The molecular formula is C27H35N3O12. The highest BCUT2D eigenvalue weighted by atomic mass is 16.6. The van der Waals surface area contributed by atoms with Gasteiger partial charge >= 0.3 is 0 Å². The van der Waals surface area contributed by atoms with E-state index < -0.39 is 64.9 Å². The fraction of sp³-hybridized carbons (Fsp3) is 0.444. The zero-order chi connectivity index (χ0) is 31.2. The average molecular weight is 594 g/mol. The molecule has 0 bridgehead atoms. The van der Waals surface area contributed by atoms with Crippen LogP contribution in [0.15, 0.2) is 24.3 Å². The standard InChI is InChI=1S/C27H35N3O12/c1-28-25(36)24(27(39,40)26(37,38)15-32)29(2)12-18-19(13-31)20(33)21(34)22(35)23(18)42-14-17-5-3-16(4-6-17)11-30-7-9-41-10-8-30/h3-6,13,15,24,33-35,37-40H,7-12,14H2,1-2H3,(H,28,36). The van der Waals surface area contributed by atoms with Crippen LogP contribution in [0.5, 0.6) is 23.0 Å². The molecule has 0 aliphatic carbocycles. The number of carbonyl (C=O) groups excluding carboxylic acids is 3. The number of ether oxygens (including phenoxy) is 2. The van der Waals surface area contributed by atoms with Crippen molar-refractivity contribution in [3.8, 4) is 23.0 Å². The molecule has 1 aliphatic heterocycles. The largest absolute Gasteiger partial charge is 0.504 e. The van der Waals surface area contributed by atoms with Crippen LogP contribution in [0.4, 0.5) is 0 Å². The molecule has 15 heteroatoms. The molecule has 1 aliphatic rings. The first-order valence-electron chi connectivity index (χ1n) is 12.8. The molecule has 15 nitrogen and oxygen atoms in total. The van der Waals surface area contributed by atoms with Gasteiger partial charge in [0.15, 0.2) is 24.1 Å². The summed E-state index contributed by atoms with van der Waals surface area (Å²) in [5.74, 6) is -12.3. The number of hydrogen-bond donors (Lipinski definition) is 8. The number of rotatable bonds is 13. The van der Waals surface area contributed by atoms with Gasteiger partial charge in [0.05, 0.1) is 18.8 Å². The summed E-state index contributed by atoms with van der Waals surface area (Å²) in [7, 11) is 2.20. The summed E-state index contributed by atoms with van der Waals surface area (Å²) < 4.78 is 11.1. The number of aliphatic hydroxyl groups is 4. The van der Waals surface area contributed by atoms with Gasteiger partial charge in [0, 0.05) is 38.8 Å². The molecule has 0 aromatic heterocycles. The number of aromatic hydroxyl groups is 3. The van der Waals surface area contributed by atoms with Gasteiger partial charge in [-0.2, -0.15) is 0 Å². The van der Waals surface area contributed by atoms with E-state index in [0.717, 1.165) is 37.6 Å². The molecule has 0 spiro atoms.